The SMILES string of the molecule is CCOC(=O)CSc1cc(C)nc(SCC(=O)c2ccccc2)n1. The Hall–Kier alpha value is -1.86. The Morgan fingerprint density at radius 2 is 1.83 bits per heavy atom. The lowest BCUT2D eigenvalue weighted by atomic mass is 10.2. The summed E-state index contributed by atoms with van der Waals surface area (Å²) >= 11 is 2.60. The summed E-state index contributed by atoms with van der Waals surface area (Å²) in [5, 5.41) is 1.23. The van der Waals surface area contributed by atoms with Gasteiger partial charge in [0.15, 0.2) is 10.9 Å². The first kappa shape index (κ1) is 18.5. The number of ether oxygens (including phenoxy) is 1. The molecule has 1 heterocycles. The van der Waals surface area contributed by atoms with Gasteiger partial charge < -0.3 is 4.74 Å². The van der Waals surface area contributed by atoms with Crippen LogP contribution in [0.3, 0.4) is 0 Å². The van der Waals surface area contributed by atoms with Gasteiger partial charge in [0.2, 0.25) is 0 Å². The van der Waals surface area contributed by atoms with Crippen molar-refractivity contribution < 1.29 is 14.3 Å². The van der Waals surface area contributed by atoms with E-state index in [2.05, 4.69) is 9.97 Å². The van der Waals surface area contributed by atoms with E-state index in [4.69, 9.17) is 4.74 Å². The molecule has 0 spiro atoms. The second kappa shape index (κ2) is 9.44. The van der Waals surface area contributed by atoms with Gasteiger partial charge in [0, 0.05) is 11.3 Å². The molecule has 2 rings (SSSR count). The summed E-state index contributed by atoms with van der Waals surface area (Å²) in [6.45, 7) is 4.00. The fraction of sp³-hybridized carbons (Fsp3) is 0.294. The van der Waals surface area contributed by atoms with Crippen LogP contribution in [-0.4, -0.2) is 39.8 Å². The van der Waals surface area contributed by atoms with Crippen molar-refractivity contribution in [3.8, 4) is 0 Å². The Morgan fingerprint density at radius 1 is 1.08 bits per heavy atom. The highest BCUT2D eigenvalue weighted by atomic mass is 32.2. The van der Waals surface area contributed by atoms with Crippen molar-refractivity contribution in [2.45, 2.75) is 24.0 Å². The fourth-order valence-electron chi connectivity index (χ4n) is 1.82. The van der Waals surface area contributed by atoms with Crippen molar-refractivity contribution in [3.05, 3.63) is 47.7 Å². The van der Waals surface area contributed by atoms with Crippen LogP contribution in [0.4, 0.5) is 0 Å². The van der Waals surface area contributed by atoms with Crippen molar-refractivity contribution in [2.24, 2.45) is 0 Å². The number of esters is 1. The van der Waals surface area contributed by atoms with Gasteiger partial charge in [0.25, 0.3) is 0 Å². The summed E-state index contributed by atoms with van der Waals surface area (Å²) < 4.78 is 4.90. The Labute approximate surface area is 149 Å². The molecule has 0 unspecified atom stereocenters. The van der Waals surface area contributed by atoms with E-state index >= 15 is 0 Å². The summed E-state index contributed by atoms with van der Waals surface area (Å²) in [4.78, 5) is 32.3. The maximum absolute atomic E-state index is 12.1. The molecule has 0 N–H and O–H groups in total. The maximum Gasteiger partial charge on any atom is 0.316 e. The lowest BCUT2D eigenvalue weighted by Gasteiger charge is -2.05. The molecule has 0 saturated heterocycles. The highest BCUT2D eigenvalue weighted by molar-refractivity contribution is 8.00. The zero-order valence-electron chi connectivity index (χ0n) is 13.5. The van der Waals surface area contributed by atoms with Crippen LogP contribution in [0.2, 0.25) is 0 Å². The van der Waals surface area contributed by atoms with Crippen LogP contribution in [0.5, 0.6) is 0 Å². The van der Waals surface area contributed by atoms with Gasteiger partial charge in [0.05, 0.1) is 18.1 Å². The predicted molar refractivity (Wildman–Crippen MR) is 95.6 cm³/mol. The molecule has 0 atom stereocenters. The molecule has 0 saturated carbocycles. The highest BCUT2D eigenvalue weighted by Gasteiger charge is 2.10. The van der Waals surface area contributed by atoms with Crippen LogP contribution in [0.15, 0.2) is 46.6 Å². The molecule has 0 aliphatic carbocycles. The molecule has 1 aromatic carbocycles. The molecule has 1 aromatic heterocycles. The van der Waals surface area contributed by atoms with E-state index < -0.39 is 0 Å². The van der Waals surface area contributed by atoms with Crippen LogP contribution in [0, 0.1) is 6.92 Å². The van der Waals surface area contributed by atoms with Gasteiger partial charge in [-0.1, -0.05) is 53.9 Å². The summed E-state index contributed by atoms with van der Waals surface area (Å²) in [6.07, 6.45) is 0. The van der Waals surface area contributed by atoms with Gasteiger partial charge in [0.1, 0.15) is 5.03 Å². The smallest absolute Gasteiger partial charge is 0.316 e. The van der Waals surface area contributed by atoms with E-state index in [9.17, 15) is 9.59 Å². The summed E-state index contributed by atoms with van der Waals surface area (Å²) in [6, 6.07) is 10.9. The maximum atomic E-state index is 12.1. The topological polar surface area (TPSA) is 69.2 Å². The number of rotatable bonds is 8. The van der Waals surface area contributed by atoms with E-state index in [0.717, 1.165) is 5.69 Å². The monoisotopic (exact) mass is 362 g/mol. The van der Waals surface area contributed by atoms with E-state index in [-0.39, 0.29) is 23.3 Å². The largest absolute Gasteiger partial charge is 0.465 e. The lowest BCUT2D eigenvalue weighted by molar-refractivity contribution is -0.139. The highest BCUT2D eigenvalue weighted by Crippen LogP contribution is 2.21. The zero-order valence-corrected chi connectivity index (χ0v) is 15.2. The molecule has 126 valence electrons. The van der Waals surface area contributed by atoms with Crippen LogP contribution in [0.25, 0.3) is 0 Å². The number of carbonyl (C=O) groups excluding carboxylic acids is 2. The number of aromatic nitrogens is 2. The van der Waals surface area contributed by atoms with Crippen molar-refractivity contribution in [1.82, 2.24) is 9.97 Å². The number of hydrogen-bond acceptors (Lipinski definition) is 7. The van der Waals surface area contributed by atoms with Gasteiger partial charge in [-0.05, 0) is 19.9 Å². The normalized spacial score (nSPS) is 10.4. The quantitative estimate of drug-likeness (QED) is 0.234. The van der Waals surface area contributed by atoms with Gasteiger partial charge >= 0.3 is 5.97 Å². The zero-order chi connectivity index (χ0) is 17.4. The first-order valence-electron chi connectivity index (χ1n) is 7.43. The number of carbonyl (C=O) groups is 2. The number of Topliss-reactive ketones (excluding diaryl/α,β-unsaturated/α-hetero) is 1. The number of benzene rings is 1. The number of hydrogen-bond donors (Lipinski definition) is 0. The molecule has 0 radical (unpaired) electrons. The summed E-state index contributed by atoms with van der Waals surface area (Å²) in [7, 11) is 0. The number of thioether (sulfide) groups is 2. The number of aryl methyl sites for hydroxylation is 1. The molecular weight excluding hydrogens is 344 g/mol. The van der Waals surface area contributed by atoms with Crippen LogP contribution < -0.4 is 0 Å². The minimum Gasteiger partial charge on any atom is -0.465 e. The molecule has 0 amide bonds. The molecule has 0 aliphatic rings. The van der Waals surface area contributed by atoms with Crippen molar-refractivity contribution >= 4 is 35.3 Å². The molecule has 0 fully saturated rings. The van der Waals surface area contributed by atoms with Crippen molar-refractivity contribution in [2.75, 3.05) is 18.1 Å². The van der Waals surface area contributed by atoms with E-state index in [1.54, 1.807) is 19.1 Å². The fourth-order valence-corrected chi connectivity index (χ4v) is 3.43. The Kier molecular flexibility index (Phi) is 7.27. The summed E-state index contributed by atoms with van der Waals surface area (Å²) in [5.41, 5.74) is 1.47. The van der Waals surface area contributed by atoms with E-state index in [1.165, 1.54) is 23.5 Å². The lowest BCUT2D eigenvalue weighted by Crippen LogP contribution is -2.07. The Balaban J connectivity index is 1.95. The molecular formula is C17H18N2O3S2. The third kappa shape index (κ3) is 5.98. The van der Waals surface area contributed by atoms with E-state index in [1.807, 2.05) is 31.2 Å². The number of ketones is 1. The minimum absolute atomic E-state index is 0.0337. The van der Waals surface area contributed by atoms with Gasteiger partial charge in [-0.3, -0.25) is 9.59 Å². The second-order valence-electron chi connectivity index (χ2n) is 4.80. The van der Waals surface area contributed by atoms with Crippen LogP contribution >= 0.6 is 23.5 Å². The second-order valence-corrected chi connectivity index (χ2v) is 6.74. The Bertz CT molecular complexity index is 708. The first-order valence-corrected chi connectivity index (χ1v) is 9.40. The van der Waals surface area contributed by atoms with E-state index in [0.29, 0.717) is 22.4 Å². The molecule has 0 bridgehead atoms. The van der Waals surface area contributed by atoms with Gasteiger partial charge in [-0.2, -0.15) is 0 Å². The van der Waals surface area contributed by atoms with Gasteiger partial charge in [-0.15, -0.1) is 0 Å². The first-order chi connectivity index (χ1) is 11.6. The Morgan fingerprint density at radius 3 is 2.54 bits per heavy atom. The third-order valence-corrected chi connectivity index (χ3v) is 4.61. The van der Waals surface area contributed by atoms with Crippen molar-refractivity contribution in [3.63, 3.8) is 0 Å². The predicted octanol–water partition coefficient (Wildman–Crippen LogP) is 3.42. The summed E-state index contributed by atoms with van der Waals surface area (Å²) in [5.74, 6) is 0.242. The average molecular weight is 362 g/mol. The molecule has 0 aliphatic heterocycles. The standard InChI is InChI=1S/C17H18N2O3S2/c1-3-22-16(21)11-23-15-9-12(2)18-17(19-15)24-10-14(20)13-7-5-4-6-8-13/h4-9H,3,10-11H2,1-2H3. The third-order valence-electron chi connectivity index (χ3n) is 2.88. The van der Waals surface area contributed by atoms with Gasteiger partial charge in [-0.25, -0.2) is 9.97 Å². The average Bonchev–Trinajstić information content (AvgIpc) is 2.58. The van der Waals surface area contributed by atoms with Crippen LogP contribution in [0.1, 0.15) is 23.0 Å². The van der Waals surface area contributed by atoms with Crippen molar-refractivity contribution in [1.29, 1.82) is 0 Å². The molecule has 5 nitrogen and oxygen atoms in total. The molecule has 24 heavy (non-hydrogen) atoms. The minimum atomic E-state index is -0.271. The molecule has 7 heteroatoms. The molecule has 2 aromatic rings. The number of nitrogens with zero attached hydrogens (tertiary/aromatic N) is 2. The van der Waals surface area contributed by atoms with Crippen LogP contribution in [-0.2, 0) is 9.53 Å².